The molecular weight excluding hydrogens is 226 g/mol. The Kier molecular flexibility index (Phi) is 3.31. The molecule has 0 atom stereocenters. The largest absolute Gasteiger partial charge is 0.456 e. The first-order valence-electron chi connectivity index (χ1n) is 4.84. The van der Waals surface area contributed by atoms with Crippen LogP contribution in [-0.2, 0) is 4.74 Å². The second-order valence-electron chi connectivity index (χ2n) is 4.39. The maximum atomic E-state index is 11.7. The van der Waals surface area contributed by atoms with Crippen molar-refractivity contribution in [3.05, 3.63) is 27.9 Å². The van der Waals surface area contributed by atoms with Gasteiger partial charge in [0.25, 0.3) is 0 Å². The van der Waals surface area contributed by atoms with Crippen molar-refractivity contribution >= 4 is 17.5 Å². The lowest BCUT2D eigenvalue weighted by molar-refractivity contribution is -0.385. The first-order chi connectivity index (χ1) is 7.70. The summed E-state index contributed by atoms with van der Waals surface area (Å²) in [7, 11) is 0. The highest BCUT2D eigenvalue weighted by atomic mass is 16.6. The Bertz CT molecular complexity index is 465. The van der Waals surface area contributed by atoms with Crippen molar-refractivity contribution < 1.29 is 14.5 Å². The van der Waals surface area contributed by atoms with Crippen LogP contribution in [0.1, 0.15) is 31.1 Å². The van der Waals surface area contributed by atoms with Gasteiger partial charge in [-0.15, -0.1) is 0 Å². The molecule has 2 N–H and O–H groups in total. The molecule has 0 spiro atoms. The number of nitro groups is 1. The second-order valence-corrected chi connectivity index (χ2v) is 4.39. The third kappa shape index (κ3) is 3.40. The van der Waals surface area contributed by atoms with Crippen molar-refractivity contribution in [2.45, 2.75) is 26.4 Å². The van der Waals surface area contributed by atoms with Crippen LogP contribution in [0.15, 0.2) is 12.3 Å². The van der Waals surface area contributed by atoms with Gasteiger partial charge in [0.15, 0.2) is 0 Å². The molecule has 0 saturated heterocycles. The number of anilines is 1. The molecule has 0 aliphatic carbocycles. The number of aromatic nitrogens is 1. The van der Waals surface area contributed by atoms with Gasteiger partial charge in [-0.05, 0) is 20.8 Å². The Labute approximate surface area is 97.7 Å². The molecule has 92 valence electrons. The zero-order chi connectivity index (χ0) is 13.2. The topological polar surface area (TPSA) is 108 Å². The predicted molar refractivity (Wildman–Crippen MR) is 60.5 cm³/mol. The summed E-state index contributed by atoms with van der Waals surface area (Å²) in [5.41, 5.74) is 4.03. The Balaban J connectivity index is 3.16. The van der Waals surface area contributed by atoms with Gasteiger partial charge < -0.3 is 10.5 Å². The van der Waals surface area contributed by atoms with Gasteiger partial charge in [0.05, 0.1) is 4.92 Å². The van der Waals surface area contributed by atoms with Crippen LogP contribution in [0.5, 0.6) is 0 Å². The minimum Gasteiger partial charge on any atom is -0.456 e. The van der Waals surface area contributed by atoms with E-state index in [2.05, 4.69) is 4.98 Å². The first-order valence-corrected chi connectivity index (χ1v) is 4.84. The fraction of sp³-hybridized carbons (Fsp3) is 0.400. The summed E-state index contributed by atoms with van der Waals surface area (Å²) < 4.78 is 5.04. The number of rotatable bonds is 2. The maximum Gasteiger partial charge on any atom is 0.345 e. The van der Waals surface area contributed by atoms with Crippen molar-refractivity contribution in [2.24, 2.45) is 0 Å². The second kappa shape index (κ2) is 4.36. The van der Waals surface area contributed by atoms with Gasteiger partial charge in [-0.25, -0.2) is 9.78 Å². The number of nitrogens with zero attached hydrogens (tertiary/aromatic N) is 2. The molecule has 1 aromatic rings. The van der Waals surface area contributed by atoms with Crippen molar-refractivity contribution in [1.29, 1.82) is 0 Å². The van der Waals surface area contributed by atoms with Crippen molar-refractivity contribution in [3.8, 4) is 0 Å². The number of hydrogen-bond donors (Lipinski definition) is 1. The van der Waals surface area contributed by atoms with Crippen LogP contribution < -0.4 is 5.73 Å². The van der Waals surface area contributed by atoms with Crippen LogP contribution in [0, 0.1) is 10.1 Å². The summed E-state index contributed by atoms with van der Waals surface area (Å²) in [5, 5.41) is 10.7. The lowest BCUT2D eigenvalue weighted by atomic mass is 10.1. The Morgan fingerprint density at radius 1 is 1.53 bits per heavy atom. The number of carbonyl (C=O) groups is 1. The summed E-state index contributed by atoms with van der Waals surface area (Å²) in [4.78, 5) is 25.3. The number of pyridine rings is 1. The van der Waals surface area contributed by atoms with E-state index in [0.717, 1.165) is 12.3 Å². The molecule has 17 heavy (non-hydrogen) atoms. The molecule has 1 aromatic heterocycles. The minimum atomic E-state index is -0.793. The number of esters is 1. The van der Waals surface area contributed by atoms with Crippen molar-refractivity contribution in [3.63, 3.8) is 0 Å². The molecule has 1 heterocycles. The van der Waals surface area contributed by atoms with E-state index < -0.39 is 22.2 Å². The highest BCUT2D eigenvalue weighted by Gasteiger charge is 2.26. The molecule has 1 rings (SSSR count). The molecule has 7 heteroatoms. The van der Waals surface area contributed by atoms with Crippen LogP contribution in [0.3, 0.4) is 0 Å². The molecule has 0 aromatic carbocycles. The van der Waals surface area contributed by atoms with Gasteiger partial charge in [-0.1, -0.05) is 0 Å². The third-order valence-electron chi connectivity index (χ3n) is 1.72. The quantitative estimate of drug-likeness (QED) is 0.476. The SMILES string of the molecule is CC(C)(C)OC(=O)c1cc(N)ncc1[N+](=O)[O-]. The first kappa shape index (κ1) is 12.9. The van der Waals surface area contributed by atoms with Gasteiger partial charge in [-0.2, -0.15) is 0 Å². The van der Waals surface area contributed by atoms with Gasteiger partial charge in [0, 0.05) is 6.07 Å². The molecule has 0 bridgehead atoms. The molecule has 0 aliphatic rings. The summed E-state index contributed by atoms with van der Waals surface area (Å²) >= 11 is 0. The molecular formula is C10H13N3O4. The Morgan fingerprint density at radius 2 is 2.12 bits per heavy atom. The van der Waals surface area contributed by atoms with E-state index in [1.165, 1.54) is 0 Å². The van der Waals surface area contributed by atoms with E-state index >= 15 is 0 Å². The average molecular weight is 239 g/mol. The highest BCUT2D eigenvalue weighted by Crippen LogP contribution is 2.22. The van der Waals surface area contributed by atoms with E-state index in [0.29, 0.717) is 0 Å². The minimum absolute atomic E-state index is 0.0245. The zero-order valence-corrected chi connectivity index (χ0v) is 9.76. The third-order valence-corrected chi connectivity index (χ3v) is 1.72. The fourth-order valence-electron chi connectivity index (χ4n) is 1.11. The number of nitrogen functional groups attached to an aromatic ring is 1. The van der Waals surface area contributed by atoms with Gasteiger partial charge in [0.1, 0.15) is 23.2 Å². The number of nitrogens with two attached hydrogens (primary N) is 1. The van der Waals surface area contributed by atoms with Crippen LogP contribution in [0.2, 0.25) is 0 Å². The molecule has 0 amide bonds. The van der Waals surface area contributed by atoms with Crippen molar-refractivity contribution in [2.75, 3.05) is 5.73 Å². The van der Waals surface area contributed by atoms with Crippen LogP contribution in [-0.4, -0.2) is 21.5 Å². The Hall–Kier alpha value is -2.18. The van der Waals surface area contributed by atoms with Crippen LogP contribution in [0.4, 0.5) is 11.5 Å². The normalized spacial score (nSPS) is 11.0. The number of carbonyl (C=O) groups excluding carboxylic acids is 1. The number of hydrogen-bond acceptors (Lipinski definition) is 6. The highest BCUT2D eigenvalue weighted by molar-refractivity contribution is 5.94. The molecule has 0 saturated carbocycles. The summed E-state index contributed by atoms with van der Waals surface area (Å²) in [5.74, 6) is -0.769. The molecule has 0 unspecified atom stereocenters. The van der Waals surface area contributed by atoms with E-state index in [-0.39, 0.29) is 11.4 Å². The van der Waals surface area contributed by atoms with E-state index in [1.807, 2.05) is 0 Å². The standard InChI is InChI=1S/C10H13N3O4/c1-10(2,3)17-9(14)6-4-8(11)12-5-7(6)13(15)16/h4-5H,1-3H3,(H2,11,12). The smallest absolute Gasteiger partial charge is 0.345 e. The average Bonchev–Trinajstić information content (AvgIpc) is 2.14. The number of ether oxygens (including phenoxy) is 1. The molecule has 0 fully saturated rings. The molecule has 0 radical (unpaired) electrons. The predicted octanol–water partition coefficient (Wildman–Crippen LogP) is 1.53. The fourth-order valence-corrected chi connectivity index (χ4v) is 1.11. The van der Waals surface area contributed by atoms with E-state index in [1.54, 1.807) is 20.8 Å². The summed E-state index contributed by atoms with van der Waals surface area (Å²) in [6.07, 6.45) is 0.939. The lowest BCUT2D eigenvalue weighted by Gasteiger charge is -2.19. The molecule has 7 nitrogen and oxygen atoms in total. The van der Waals surface area contributed by atoms with Crippen molar-refractivity contribution in [1.82, 2.24) is 4.98 Å². The van der Waals surface area contributed by atoms with Crippen LogP contribution >= 0.6 is 0 Å². The zero-order valence-electron chi connectivity index (χ0n) is 9.76. The van der Waals surface area contributed by atoms with Crippen LogP contribution in [0.25, 0.3) is 0 Å². The van der Waals surface area contributed by atoms with Gasteiger partial charge in [0.2, 0.25) is 0 Å². The Morgan fingerprint density at radius 3 is 2.59 bits per heavy atom. The summed E-state index contributed by atoms with van der Waals surface area (Å²) in [6, 6.07) is 1.13. The van der Waals surface area contributed by atoms with Gasteiger partial charge in [-0.3, -0.25) is 10.1 Å². The monoisotopic (exact) mass is 239 g/mol. The maximum absolute atomic E-state index is 11.7. The van der Waals surface area contributed by atoms with E-state index in [9.17, 15) is 14.9 Å². The van der Waals surface area contributed by atoms with E-state index in [4.69, 9.17) is 10.5 Å². The van der Waals surface area contributed by atoms with Gasteiger partial charge >= 0.3 is 11.7 Å². The summed E-state index contributed by atoms with van der Waals surface area (Å²) in [6.45, 7) is 5.00. The lowest BCUT2D eigenvalue weighted by Crippen LogP contribution is -2.24. The molecule has 0 aliphatic heterocycles.